The molecule has 2 rings (SSSR count). The van der Waals surface area contributed by atoms with Crippen molar-refractivity contribution in [3.8, 4) is 5.75 Å². The number of ether oxygens (including phenoxy) is 1. The van der Waals surface area contributed by atoms with Gasteiger partial charge in [0.2, 0.25) is 0 Å². The molecule has 1 N–H and O–H groups in total. The molecule has 0 saturated heterocycles. The third kappa shape index (κ3) is 4.29. The highest BCUT2D eigenvalue weighted by Crippen LogP contribution is 2.34. The first-order valence-electron chi connectivity index (χ1n) is 6.66. The van der Waals surface area contributed by atoms with Gasteiger partial charge in [-0.15, -0.1) is 0 Å². The van der Waals surface area contributed by atoms with Gasteiger partial charge in [-0.25, -0.2) is 0 Å². The molecular weight excluding hydrogens is 210 g/mol. The highest BCUT2D eigenvalue weighted by atomic mass is 16.5. The number of hydrogen-bond acceptors (Lipinski definition) is 2. The SMILES string of the molecule is CC(CC1CC1)Nc1ccc(OC(C)C)cc1. The van der Waals surface area contributed by atoms with Crippen molar-refractivity contribution in [2.45, 2.75) is 52.2 Å². The molecule has 1 aromatic rings. The van der Waals surface area contributed by atoms with Gasteiger partial charge in [-0.05, 0) is 57.4 Å². The fourth-order valence-electron chi connectivity index (χ4n) is 2.10. The highest BCUT2D eigenvalue weighted by Gasteiger charge is 2.23. The molecule has 17 heavy (non-hydrogen) atoms. The van der Waals surface area contributed by atoms with E-state index in [1.165, 1.54) is 24.9 Å². The Morgan fingerprint density at radius 1 is 1.18 bits per heavy atom. The van der Waals surface area contributed by atoms with Gasteiger partial charge in [-0.3, -0.25) is 0 Å². The molecule has 1 saturated carbocycles. The highest BCUT2D eigenvalue weighted by molar-refractivity contribution is 5.47. The average molecular weight is 233 g/mol. The van der Waals surface area contributed by atoms with Gasteiger partial charge in [0.05, 0.1) is 6.10 Å². The number of benzene rings is 1. The molecule has 1 aliphatic carbocycles. The van der Waals surface area contributed by atoms with Gasteiger partial charge < -0.3 is 10.1 Å². The molecule has 0 radical (unpaired) electrons. The summed E-state index contributed by atoms with van der Waals surface area (Å²) in [6.07, 6.45) is 4.38. The van der Waals surface area contributed by atoms with Gasteiger partial charge in [0.15, 0.2) is 0 Å². The van der Waals surface area contributed by atoms with Crippen molar-refractivity contribution in [3.63, 3.8) is 0 Å². The van der Waals surface area contributed by atoms with Gasteiger partial charge >= 0.3 is 0 Å². The number of hydrogen-bond donors (Lipinski definition) is 1. The third-order valence-corrected chi connectivity index (χ3v) is 3.02. The van der Waals surface area contributed by atoms with Gasteiger partial charge in [0.1, 0.15) is 5.75 Å². The quantitative estimate of drug-likeness (QED) is 0.799. The summed E-state index contributed by atoms with van der Waals surface area (Å²) in [5.74, 6) is 1.92. The topological polar surface area (TPSA) is 21.3 Å². The van der Waals surface area contributed by atoms with E-state index in [2.05, 4.69) is 24.4 Å². The van der Waals surface area contributed by atoms with Crippen LogP contribution in [0.25, 0.3) is 0 Å². The molecule has 0 spiro atoms. The van der Waals surface area contributed by atoms with Crippen molar-refractivity contribution in [2.75, 3.05) is 5.32 Å². The Kier molecular flexibility index (Phi) is 3.93. The Hall–Kier alpha value is -1.18. The summed E-state index contributed by atoms with van der Waals surface area (Å²) in [4.78, 5) is 0. The Bertz CT molecular complexity index is 340. The van der Waals surface area contributed by atoms with Crippen LogP contribution in [-0.2, 0) is 0 Å². The zero-order chi connectivity index (χ0) is 12.3. The van der Waals surface area contributed by atoms with Gasteiger partial charge in [-0.2, -0.15) is 0 Å². The zero-order valence-corrected chi connectivity index (χ0v) is 11.1. The molecule has 0 amide bonds. The maximum absolute atomic E-state index is 5.62. The Morgan fingerprint density at radius 2 is 1.82 bits per heavy atom. The van der Waals surface area contributed by atoms with E-state index in [0.717, 1.165) is 11.7 Å². The summed E-state index contributed by atoms with van der Waals surface area (Å²) in [7, 11) is 0. The first kappa shape index (κ1) is 12.3. The van der Waals surface area contributed by atoms with Crippen molar-refractivity contribution in [1.29, 1.82) is 0 Å². The lowest BCUT2D eigenvalue weighted by Gasteiger charge is -2.15. The van der Waals surface area contributed by atoms with Crippen LogP contribution in [0.5, 0.6) is 5.75 Å². The van der Waals surface area contributed by atoms with Crippen LogP contribution in [0.2, 0.25) is 0 Å². The largest absolute Gasteiger partial charge is 0.491 e. The monoisotopic (exact) mass is 233 g/mol. The second-order valence-electron chi connectivity index (χ2n) is 5.42. The normalized spacial score (nSPS) is 16.9. The van der Waals surface area contributed by atoms with E-state index in [0.29, 0.717) is 6.04 Å². The standard InChI is InChI=1S/C15H23NO/c1-11(2)17-15-8-6-14(7-9-15)16-12(3)10-13-4-5-13/h6-9,11-13,16H,4-5,10H2,1-3H3. The summed E-state index contributed by atoms with van der Waals surface area (Å²) in [5, 5.41) is 3.54. The van der Waals surface area contributed by atoms with Crippen LogP contribution in [0.1, 0.15) is 40.0 Å². The second kappa shape index (κ2) is 5.44. The van der Waals surface area contributed by atoms with Gasteiger partial charge in [0.25, 0.3) is 0 Å². The molecule has 2 heteroatoms. The minimum atomic E-state index is 0.239. The maximum Gasteiger partial charge on any atom is 0.119 e. The van der Waals surface area contributed by atoms with Crippen LogP contribution in [0, 0.1) is 5.92 Å². The first-order valence-corrected chi connectivity index (χ1v) is 6.66. The molecule has 2 nitrogen and oxygen atoms in total. The minimum absolute atomic E-state index is 0.239. The predicted octanol–water partition coefficient (Wildman–Crippen LogP) is 4.07. The lowest BCUT2D eigenvalue weighted by Crippen LogP contribution is -2.15. The van der Waals surface area contributed by atoms with E-state index in [1.54, 1.807) is 0 Å². The van der Waals surface area contributed by atoms with Crippen molar-refractivity contribution in [1.82, 2.24) is 0 Å². The van der Waals surface area contributed by atoms with Crippen LogP contribution >= 0.6 is 0 Å². The van der Waals surface area contributed by atoms with E-state index in [4.69, 9.17) is 4.74 Å². The molecule has 1 aliphatic rings. The van der Waals surface area contributed by atoms with Crippen molar-refractivity contribution in [3.05, 3.63) is 24.3 Å². The molecule has 1 atom stereocenters. The van der Waals surface area contributed by atoms with E-state index < -0.39 is 0 Å². The lowest BCUT2D eigenvalue weighted by atomic mass is 10.1. The minimum Gasteiger partial charge on any atom is -0.491 e. The predicted molar refractivity (Wildman–Crippen MR) is 72.6 cm³/mol. The summed E-state index contributed by atoms with van der Waals surface area (Å²) >= 11 is 0. The fraction of sp³-hybridized carbons (Fsp3) is 0.600. The molecule has 1 unspecified atom stereocenters. The van der Waals surface area contributed by atoms with E-state index >= 15 is 0 Å². The smallest absolute Gasteiger partial charge is 0.119 e. The third-order valence-electron chi connectivity index (χ3n) is 3.02. The van der Waals surface area contributed by atoms with E-state index in [9.17, 15) is 0 Å². The Balaban J connectivity index is 1.83. The summed E-state index contributed by atoms with van der Waals surface area (Å²) in [6.45, 7) is 6.35. The average Bonchev–Trinajstić information content (AvgIpc) is 3.04. The van der Waals surface area contributed by atoms with Gasteiger partial charge in [0, 0.05) is 11.7 Å². The maximum atomic E-state index is 5.62. The summed E-state index contributed by atoms with van der Waals surface area (Å²) in [6, 6.07) is 8.83. The summed E-state index contributed by atoms with van der Waals surface area (Å²) in [5.41, 5.74) is 1.19. The van der Waals surface area contributed by atoms with Crippen molar-refractivity contribution in [2.24, 2.45) is 5.92 Å². The molecule has 0 aromatic heterocycles. The van der Waals surface area contributed by atoms with E-state index in [1.807, 2.05) is 26.0 Å². The molecule has 1 aromatic carbocycles. The van der Waals surface area contributed by atoms with Crippen LogP contribution < -0.4 is 10.1 Å². The Labute approximate surface area is 104 Å². The molecule has 1 fully saturated rings. The van der Waals surface area contributed by atoms with Gasteiger partial charge in [-0.1, -0.05) is 12.8 Å². The molecule has 94 valence electrons. The second-order valence-corrected chi connectivity index (χ2v) is 5.42. The van der Waals surface area contributed by atoms with E-state index in [-0.39, 0.29) is 6.10 Å². The van der Waals surface area contributed by atoms with Crippen LogP contribution in [0.4, 0.5) is 5.69 Å². The molecule has 0 aliphatic heterocycles. The Morgan fingerprint density at radius 3 is 2.35 bits per heavy atom. The van der Waals surface area contributed by atoms with Crippen LogP contribution in [0.15, 0.2) is 24.3 Å². The van der Waals surface area contributed by atoms with Crippen LogP contribution in [-0.4, -0.2) is 12.1 Å². The fourth-order valence-corrected chi connectivity index (χ4v) is 2.10. The summed E-state index contributed by atoms with van der Waals surface area (Å²) < 4.78 is 5.62. The molecule has 0 heterocycles. The first-order chi connectivity index (χ1) is 8.13. The number of nitrogens with one attached hydrogen (secondary N) is 1. The zero-order valence-electron chi connectivity index (χ0n) is 11.1. The number of rotatable bonds is 6. The molecule has 0 bridgehead atoms. The van der Waals surface area contributed by atoms with Crippen molar-refractivity contribution < 1.29 is 4.74 Å². The number of anilines is 1. The van der Waals surface area contributed by atoms with Crippen LogP contribution in [0.3, 0.4) is 0 Å². The lowest BCUT2D eigenvalue weighted by molar-refractivity contribution is 0.242. The molecular formula is C15H23NO. The van der Waals surface area contributed by atoms with Crippen molar-refractivity contribution >= 4 is 5.69 Å².